The minimum absolute atomic E-state index is 0.0362. The van der Waals surface area contributed by atoms with Crippen molar-refractivity contribution in [3.8, 4) is 6.07 Å². The van der Waals surface area contributed by atoms with Gasteiger partial charge in [-0.15, -0.1) is 0 Å². The number of urea groups is 1. The highest BCUT2D eigenvalue weighted by atomic mass is 16.2. The molecule has 7 nitrogen and oxygen atoms in total. The molecule has 1 aromatic carbocycles. The average molecular weight is 242 g/mol. The molecule has 7 heteroatoms. The summed E-state index contributed by atoms with van der Waals surface area (Å²) in [5.74, 6) is -1.14. The lowest BCUT2D eigenvalue weighted by molar-refractivity contribution is 0.234. The van der Waals surface area contributed by atoms with E-state index in [0.717, 1.165) is 11.4 Å². The van der Waals surface area contributed by atoms with Crippen molar-refractivity contribution >= 4 is 17.4 Å². The Hall–Kier alpha value is -2.88. The predicted octanol–water partition coefficient (Wildman–Crippen LogP) is 0.184. The van der Waals surface area contributed by atoms with Crippen LogP contribution in [0.15, 0.2) is 35.7 Å². The molecule has 1 spiro atoms. The van der Waals surface area contributed by atoms with Crippen LogP contribution in [-0.2, 0) is 0 Å². The first kappa shape index (κ1) is 10.3. The van der Waals surface area contributed by atoms with Crippen LogP contribution in [0, 0.1) is 11.3 Å². The van der Waals surface area contributed by atoms with Gasteiger partial charge < -0.3 is 16.4 Å². The van der Waals surface area contributed by atoms with Crippen molar-refractivity contribution in [3.63, 3.8) is 0 Å². The van der Waals surface area contributed by atoms with Gasteiger partial charge in [0.05, 0.1) is 11.4 Å². The fourth-order valence-corrected chi connectivity index (χ4v) is 2.12. The first-order valence-corrected chi connectivity index (χ1v) is 5.29. The van der Waals surface area contributed by atoms with Crippen molar-refractivity contribution in [3.05, 3.63) is 35.7 Å². The van der Waals surface area contributed by atoms with Crippen molar-refractivity contribution in [2.75, 3.05) is 10.6 Å². The van der Waals surface area contributed by atoms with E-state index in [2.05, 4.69) is 21.3 Å². The quantitative estimate of drug-likeness (QED) is 0.445. The number of nitrogens with two attached hydrogens (primary N) is 1. The number of nitrogens with one attached hydrogen (secondary N) is 4. The Labute approximate surface area is 103 Å². The number of nitrogens with zero attached hydrogens (tertiary/aromatic N) is 1. The molecule has 6 N–H and O–H groups in total. The number of amides is 2. The number of para-hydroxylation sites is 2. The monoisotopic (exact) mass is 242 g/mol. The van der Waals surface area contributed by atoms with Gasteiger partial charge in [0.25, 0.3) is 0 Å². The third-order valence-electron chi connectivity index (χ3n) is 2.88. The van der Waals surface area contributed by atoms with Gasteiger partial charge in [-0.1, -0.05) is 12.1 Å². The molecular weight excluding hydrogens is 232 g/mol. The van der Waals surface area contributed by atoms with E-state index in [1.165, 1.54) is 0 Å². The number of hydrogen-bond donors (Lipinski definition) is 5. The first-order valence-electron chi connectivity index (χ1n) is 5.29. The third-order valence-corrected chi connectivity index (χ3v) is 2.88. The molecule has 0 fully saturated rings. The molecule has 0 radical (unpaired) electrons. The van der Waals surface area contributed by atoms with E-state index in [1.807, 2.05) is 30.3 Å². The van der Waals surface area contributed by atoms with Gasteiger partial charge in [-0.3, -0.25) is 10.6 Å². The van der Waals surface area contributed by atoms with Crippen LogP contribution in [0.25, 0.3) is 0 Å². The Morgan fingerprint density at radius 1 is 1.17 bits per heavy atom. The lowest BCUT2D eigenvalue weighted by atomic mass is 10.1. The number of benzene rings is 1. The Kier molecular flexibility index (Phi) is 1.89. The molecule has 18 heavy (non-hydrogen) atoms. The molecule has 0 aromatic heterocycles. The molecule has 0 bridgehead atoms. The Morgan fingerprint density at radius 3 is 2.33 bits per heavy atom. The molecule has 3 rings (SSSR count). The summed E-state index contributed by atoms with van der Waals surface area (Å²) in [7, 11) is 0. The standard InChI is InChI=1S/C11H10N6O/c12-5-6-9(13)14-10(18)17-11(6)15-7-3-1-2-4-8(7)16-11/h1-4,15-16H,13H2,(H2,14,17,18). The maximum atomic E-state index is 11.5. The van der Waals surface area contributed by atoms with Crippen LogP contribution >= 0.6 is 0 Å². The number of hydrogen-bond acceptors (Lipinski definition) is 5. The van der Waals surface area contributed by atoms with Crippen LogP contribution in [0.5, 0.6) is 0 Å². The molecule has 2 aliphatic rings. The fraction of sp³-hybridized carbons (Fsp3) is 0.0909. The van der Waals surface area contributed by atoms with Crippen LogP contribution in [0.4, 0.5) is 16.2 Å². The van der Waals surface area contributed by atoms with Crippen LogP contribution < -0.4 is 27.0 Å². The molecule has 1 aromatic rings. The van der Waals surface area contributed by atoms with Gasteiger partial charge in [0.2, 0.25) is 5.79 Å². The summed E-state index contributed by atoms with van der Waals surface area (Å²) in [4.78, 5) is 11.5. The molecule has 0 unspecified atom stereocenters. The lowest BCUT2D eigenvalue weighted by Crippen LogP contribution is -2.65. The second kappa shape index (κ2) is 3.30. The Balaban J connectivity index is 2.10. The van der Waals surface area contributed by atoms with E-state index < -0.39 is 11.8 Å². The Morgan fingerprint density at radius 2 is 1.78 bits per heavy atom. The largest absolute Gasteiger partial charge is 0.384 e. The molecule has 0 atom stereocenters. The number of carbonyl (C=O) groups excluding carboxylic acids is 1. The van der Waals surface area contributed by atoms with E-state index >= 15 is 0 Å². The molecule has 0 saturated heterocycles. The van der Waals surface area contributed by atoms with E-state index in [-0.39, 0.29) is 11.4 Å². The van der Waals surface area contributed by atoms with E-state index in [9.17, 15) is 10.1 Å². The first-order chi connectivity index (χ1) is 8.64. The summed E-state index contributed by atoms with van der Waals surface area (Å²) >= 11 is 0. The molecule has 0 saturated carbocycles. The summed E-state index contributed by atoms with van der Waals surface area (Å²) in [5.41, 5.74) is 7.45. The number of anilines is 2. The van der Waals surface area contributed by atoms with Gasteiger partial charge in [0, 0.05) is 0 Å². The lowest BCUT2D eigenvalue weighted by Gasteiger charge is -2.35. The summed E-state index contributed by atoms with van der Waals surface area (Å²) in [5, 5.41) is 20.3. The normalized spacial score (nSPS) is 19.2. The zero-order chi connectivity index (χ0) is 12.8. The summed E-state index contributed by atoms with van der Waals surface area (Å²) < 4.78 is 0. The van der Waals surface area contributed by atoms with Crippen LogP contribution in [0.2, 0.25) is 0 Å². The average Bonchev–Trinajstić information content (AvgIpc) is 2.66. The van der Waals surface area contributed by atoms with Gasteiger partial charge >= 0.3 is 6.03 Å². The van der Waals surface area contributed by atoms with Crippen molar-refractivity contribution in [2.45, 2.75) is 5.79 Å². The molecule has 2 heterocycles. The zero-order valence-electron chi connectivity index (χ0n) is 9.24. The predicted molar refractivity (Wildman–Crippen MR) is 64.9 cm³/mol. The highest BCUT2D eigenvalue weighted by Gasteiger charge is 2.46. The summed E-state index contributed by atoms with van der Waals surface area (Å²) in [6.07, 6.45) is 0. The number of fused-ring (bicyclic) bond motifs is 1. The topological polar surface area (TPSA) is 115 Å². The van der Waals surface area contributed by atoms with Gasteiger partial charge in [-0.05, 0) is 12.1 Å². The highest BCUT2D eigenvalue weighted by Crippen LogP contribution is 2.36. The third kappa shape index (κ3) is 1.26. The van der Waals surface area contributed by atoms with Crippen LogP contribution in [0.1, 0.15) is 0 Å². The molecule has 2 amide bonds. The van der Waals surface area contributed by atoms with Crippen molar-refractivity contribution in [2.24, 2.45) is 5.73 Å². The smallest absolute Gasteiger partial charge is 0.323 e. The molecule has 2 aliphatic heterocycles. The van der Waals surface area contributed by atoms with E-state index in [0.29, 0.717) is 0 Å². The number of rotatable bonds is 0. The zero-order valence-corrected chi connectivity index (χ0v) is 9.24. The summed E-state index contributed by atoms with van der Waals surface area (Å²) in [6, 6.07) is 8.92. The molecule has 90 valence electrons. The van der Waals surface area contributed by atoms with Crippen molar-refractivity contribution in [1.82, 2.24) is 10.6 Å². The van der Waals surface area contributed by atoms with Crippen LogP contribution in [-0.4, -0.2) is 11.8 Å². The van der Waals surface area contributed by atoms with Crippen molar-refractivity contribution < 1.29 is 4.79 Å². The molecule has 0 aliphatic carbocycles. The minimum atomic E-state index is -1.18. The SMILES string of the molecule is N#CC1=C(N)NC(=O)NC12Nc1ccccc1N2. The van der Waals surface area contributed by atoms with Crippen LogP contribution in [0.3, 0.4) is 0 Å². The minimum Gasteiger partial charge on any atom is -0.384 e. The maximum Gasteiger partial charge on any atom is 0.323 e. The van der Waals surface area contributed by atoms with Gasteiger partial charge in [-0.25, -0.2) is 4.79 Å². The van der Waals surface area contributed by atoms with Gasteiger partial charge in [0.1, 0.15) is 17.5 Å². The second-order valence-corrected chi connectivity index (χ2v) is 4.03. The van der Waals surface area contributed by atoms with Gasteiger partial charge in [-0.2, -0.15) is 5.26 Å². The fourth-order valence-electron chi connectivity index (χ4n) is 2.12. The molecular formula is C11H10N6O. The van der Waals surface area contributed by atoms with Crippen molar-refractivity contribution in [1.29, 1.82) is 5.26 Å². The van der Waals surface area contributed by atoms with E-state index in [1.54, 1.807) is 0 Å². The second-order valence-electron chi connectivity index (χ2n) is 4.03. The highest BCUT2D eigenvalue weighted by molar-refractivity contribution is 5.87. The number of nitriles is 1. The number of carbonyl (C=O) groups is 1. The Bertz CT molecular complexity index is 589. The summed E-state index contributed by atoms with van der Waals surface area (Å²) in [6.45, 7) is 0. The maximum absolute atomic E-state index is 11.5. The van der Waals surface area contributed by atoms with E-state index in [4.69, 9.17) is 5.73 Å². The van der Waals surface area contributed by atoms with Gasteiger partial charge in [0.15, 0.2) is 0 Å².